The molecule has 0 radical (unpaired) electrons. The first-order valence-electron chi connectivity index (χ1n) is 13.7. The van der Waals surface area contributed by atoms with Crippen LogP contribution in [0.4, 0.5) is 0 Å². The maximum absolute atomic E-state index is 13.0. The van der Waals surface area contributed by atoms with Crippen LogP contribution in [0.15, 0.2) is 61.2 Å². The SMILES string of the molecule is O=C(NCc1ccc(CNCCCNC2CCCCC2)cc1)[C@H](Cc1cnc[nH]1)NCc1ccccn1. The molecule has 2 aromatic heterocycles. The minimum absolute atomic E-state index is 0.0434. The first kappa shape index (κ1) is 27.0. The zero-order valence-electron chi connectivity index (χ0n) is 21.7. The highest BCUT2D eigenvalue weighted by atomic mass is 16.2. The molecule has 1 fully saturated rings. The second-order valence-corrected chi connectivity index (χ2v) is 9.89. The lowest BCUT2D eigenvalue weighted by Gasteiger charge is -2.22. The standard InChI is InChI=1S/C29H41N7O/c37-29(28(17-27-20-31-22-36-27)34-21-26-9-4-5-15-33-26)35-19-24-12-10-23(11-13-24)18-30-14-6-16-32-25-7-2-1-3-8-25/h4-5,9-13,15,20,22,25,28,30,32,34H,1-3,6-8,14,16-19,21H2,(H,31,36)(H,35,37)/t28-/m0/s1. The van der Waals surface area contributed by atoms with Crippen molar-refractivity contribution in [1.82, 2.24) is 36.2 Å². The summed E-state index contributed by atoms with van der Waals surface area (Å²) in [5.74, 6) is -0.0434. The molecule has 1 amide bonds. The van der Waals surface area contributed by atoms with Gasteiger partial charge >= 0.3 is 0 Å². The highest BCUT2D eigenvalue weighted by molar-refractivity contribution is 5.82. The van der Waals surface area contributed by atoms with Crippen molar-refractivity contribution in [2.24, 2.45) is 0 Å². The summed E-state index contributed by atoms with van der Waals surface area (Å²) in [5, 5.41) is 13.7. The van der Waals surface area contributed by atoms with Crippen LogP contribution in [0.5, 0.6) is 0 Å². The third-order valence-corrected chi connectivity index (χ3v) is 6.94. The van der Waals surface area contributed by atoms with Crippen molar-refractivity contribution >= 4 is 5.91 Å². The summed E-state index contributed by atoms with van der Waals surface area (Å²) in [6, 6.07) is 14.6. The van der Waals surface area contributed by atoms with Gasteiger partial charge < -0.3 is 20.9 Å². The largest absolute Gasteiger partial charge is 0.351 e. The number of H-pyrrole nitrogens is 1. The van der Waals surface area contributed by atoms with Gasteiger partial charge in [0.1, 0.15) is 0 Å². The first-order valence-corrected chi connectivity index (χ1v) is 13.7. The quantitative estimate of drug-likeness (QED) is 0.204. The predicted molar refractivity (Wildman–Crippen MR) is 147 cm³/mol. The van der Waals surface area contributed by atoms with Gasteiger partial charge in [-0.25, -0.2) is 4.98 Å². The smallest absolute Gasteiger partial charge is 0.237 e. The van der Waals surface area contributed by atoms with Gasteiger partial charge in [0, 0.05) is 50.2 Å². The fraction of sp³-hybridized carbons (Fsp3) is 0.483. The van der Waals surface area contributed by atoms with Crippen LogP contribution in [0.3, 0.4) is 0 Å². The van der Waals surface area contributed by atoms with E-state index in [4.69, 9.17) is 0 Å². The number of nitrogens with one attached hydrogen (secondary N) is 5. The molecule has 0 bridgehead atoms. The Labute approximate surface area is 220 Å². The molecule has 1 aromatic carbocycles. The van der Waals surface area contributed by atoms with E-state index in [2.05, 4.69) is 60.5 Å². The molecule has 0 unspecified atom stereocenters. The molecule has 198 valence electrons. The number of pyridine rings is 1. The van der Waals surface area contributed by atoms with Crippen LogP contribution in [0, 0.1) is 0 Å². The lowest BCUT2D eigenvalue weighted by atomic mass is 9.95. The molecule has 0 spiro atoms. The summed E-state index contributed by atoms with van der Waals surface area (Å²) in [7, 11) is 0. The highest BCUT2D eigenvalue weighted by Gasteiger charge is 2.19. The van der Waals surface area contributed by atoms with E-state index < -0.39 is 6.04 Å². The number of aromatic amines is 1. The van der Waals surface area contributed by atoms with E-state index in [1.165, 1.54) is 37.7 Å². The molecule has 2 heterocycles. The average molecular weight is 504 g/mol. The van der Waals surface area contributed by atoms with Crippen LogP contribution in [0.25, 0.3) is 0 Å². The van der Waals surface area contributed by atoms with Crippen molar-refractivity contribution < 1.29 is 4.79 Å². The van der Waals surface area contributed by atoms with E-state index in [9.17, 15) is 4.79 Å². The van der Waals surface area contributed by atoms with E-state index in [0.29, 0.717) is 19.5 Å². The number of carbonyl (C=O) groups is 1. The Hall–Kier alpha value is -3.07. The van der Waals surface area contributed by atoms with Crippen molar-refractivity contribution in [3.05, 3.63) is 83.7 Å². The monoisotopic (exact) mass is 503 g/mol. The summed E-state index contributed by atoms with van der Waals surface area (Å²) in [4.78, 5) is 24.5. The zero-order valence-corrected chi connectivity index (χ0v) is 21.7. The maximum Gasteiger partial charge on any atom is 0.237 e. The average Bonchev–Trinajstić information content (AvgIpc) is 3.47. The molecule has 1 aliphatic rings. The van der Waals surface area contributed by atoms with Crippen molar-refractivity contribution in [2.75, 3.05) is 13.1 Å². The molecule has 4 rings (SSSR count). The molecular formula is C29H41N7O. The van der Waals surface area contributed by atoms with Gasteiger partial charge in [0.15, 0.2) is 0 Å². The number of hydrogen-bond acceptors (Lipinski definition) is 6. The Balaban J connectivity index is 1.16. The summed E-state index contributed by atoms with van der Waals surface area (Å²) >= 11 is 0. The van der Waals surface area contributed by atoms with Gasteiger partial charge in [0.2, 0.25) is 5.91 Å². The fourth-order valence-electron chi connectivity index (χ4n) is 4.75. The summed E-state index contributed by atoms with van der Waals surface area (Å²) in [5.41, 5.74) is 4.15. The van der Waals surface area contributed by atoms with E-state index in [1.807, 2.05) is 18.2 Å². The third-order valence-electron chi connectivity index (χ3n) is 6.94. The zero-order chi connectivity index (χ0) is 25.5. The lowest BCUT2D eigenvalue weighted by Crippen LogP contribution is -2.45. The van der Waals surface area contributed by atoms with Gasteiger partial charge in [-0.2, -0.15) is 0 Å². The van der Waals surface area contributed by atoms with Crippen LogP contribution >= 0.6 is 0 Å². The number of carbonyl (C=O) groups excluding carboxylic acids is 1. The molecule has 8 heteroatoms. The molecule has 1 aliphatic carbocycles. The molecule has 0 aliphatic heterocycles. The van der Waals surface area contributed by atoms with Gasteiger partial charge in [-0.05, 0) is 55.6 Å². The topological polar surface area (TPSA) is 107 Å². The van der Waals surface area contributed by atoms with E-state index in [0.717, 1.165) is 49.0 Å². The Morgan fingerprint density at radius 1 is 0.973 bits per heavy atom. The van der Waals surface area contributed by atoms with Gasteiger partial charge in [-0.1, -0.05) is 49.6 Å². The van der Waals surface area contributed by atoms with E-state index >= 15 is 0 Å². The van der Waals surface area contributed by atoms with Gasteiger partial charge in [0.05, 0.1) is 18.1 Å². The van der Waals surface area contributed by atoms with Crippen molar-refractivity contribution in [1.29, 1.82) is 0 Å². The summed E-state index contributed by atoms with van der Waals surface area (Å²) in [6.07, 6.45) is 13.7. The molecule has 8 nitrogen and oxygen atoms in total. The molecule has 3 aromatic rings. The summed E-state index contributed by atoms with van der Waals surface area (Å²) < 4.78 is 0. The minimum Gasteiger partial charge on any atom is -0.351 e. The maximum atomic E-state index is 13.0. The van der Waals surface area contributed by atoms with Gasteiger partial charge in [-0.3, -0.25) is 15.1 Å². The normalized spacial score (nSPS) is 14.9. The van der Waals surface area contributed by atoms with Crippen LogP contribution in [0.1, 0.15) is 61.0 Å². The van der Waals surface area contributed by atoms with Crippen LogP contribution < -0.4 is 21.3 Å². The van der Waals surface area contributed by atoms with Gasteiger partial charge in [-0.15, -0.1) is 0 Å². The number of hydrogen-bond donors (Lipinski definition) is 5. The third kappa shape index (κ3) is 9.72. The molecule has 37 heavy (non-hydrogen) atoms. The number of benzene rings is 1. The first-order chi connectivity index (χ1) is 18.3. The predicted octanol–water partition coefficient (Wildman–Crippen LogP) is 3.22. The van der Waals surface area contributed by atoms with Crippen molar-refractivity contribution in [3.63, 3.8) is 0 Å². The second-order valence-electron chi connectivity index (χ2n) is 9.89. The molecule has 1 atom stereocenters. The Bertz CT molecular complexity index is 1020. The molecule has 0 saturated heterocycles. The molecule has 5 N–H and O–H groups in total. The van der Waals surface area contributed by atoms with Gasteiger partial charge in [0.25, 0.3) is 0 Å². The number of amides is 1. The second kappa shape index (κ2) is 15.2. The van der Waals surface area contributed by atoms with E-state index in [1.54, 1.807) is 18.7 Å². The molecular weight excluding hydrogens is 462 g/mol. The fourth-order valence-corrected chi connectivity index (χ4v) is 4.75. The van der Waals surface area contributed by atoms with Crippen LogP contribution in [0.2, 0.25) is 0 Å². The molecule has 1 saturated carbocycles. The Morgan fingerprint density at radius 3 is 2.51 bits per heavy atom. The summed E-state index contributed by atoms with van der Waals surface area (Å²) in [6.45, 7) is 3.98. The number of nitrogens with zero attached hydrogens (tertiary/aromatic N) is 2. The van der Waals surface area contributed by atoms with E-state index in [-0.39, 0.29) is 5.91 Å². The minimum atomic E-state index is -0.390. The van der Waals surface area contributed by atoms with Crippen LogP contribution in [-0.4, -0.2) is 46.0 Å². The van der Waals surface area contributed by atoms with Crippen molar-refractivity contribution in [3.8, 4) is 0 Å². The number of rotatable bonds is 15. The number of imidazole rings is 1. The number of aromatic nitrogens is 3. The van der Waals surface area contributed by atoms with Crippen LogP contribution in [-0.2, 0) is 30.8 Å². The highest BCUT2D eigenvalue weighted by Crippen LogP contribution is 2.17. The lowest BCUT2D eigenvalue weighted by molar-refractivity contribution is -0.123. The van der Waals surface area contributed by atoms with Crippen molar-refractivity contribution in [2.45, 2.75) is 76.7 Å². The Morgan fingerprint density at radius 2 is 1.78 bits per heavy atom. The Kier molecular flexibility index (Phi) is 11.1.